The first-order valence-electron chi connectivity index (χ1n) is 12.3. The van der Waals surface area contributed by atoms with Gasteiger partial charge in [0.1, 0.15) is 6.61 Å². The zero-order chi connectivity index (χ0) is 25.1. The molecule has 6 nitrogen and oxygen atoms in total. The molecule has 0 radical (unpaired) electrons. The standard InChI is InChI=1S/C29H23F2NO5/c30-29(31)36-26-10-9-17(13-27(26)37-29)18-11-19-14-34-15-20(12-18)32(19)28(33)35-16-25-23-7-3-1-5-21(23)22-6-2-4-8-24(22)25/h1-11,13,19-20,25H,12,14-16H2. The number of benzene rings is 3. The second kappa shape index (κ2) is 8.31. The SMILES string of the molecule is O=C(OCC1c2ccccc2-c2ccccc21)N1C2C=C(c3ccc4c(c3)OC(F)(F)O4)CC1COC2. The number of hydrogen-bond donors (Lipinski definition) is 0. The van der Waals surface area contributed by atoms with Gasteiger partial charge in [-0.1, -0.05) is 60.7 Å². The fourth-order valence-electron chi connectivity index (χ4n) is 5.91. The van der Waals surface area contributed by atoms with E-state index in [1.54, 1.807) is 17.0 Å². The lowest BCUT2D eigenvalue weighted by Gasteiger charge is -2.44. The van der Waals surface area contributed by atoms with Gasteiger partial charge in [-0.15, -0.1) is 8.78 Å². The molecule has 8 heteroatoms. The Morgan fingerprint density at radius 1 is 0.946 bits per heavy atom. The quantitative estimate of drug-likeness (QED) is 0.451. The highest BCUT2D eigenvalue weighted by Crippen LogP contribution is 2.45. The Kier molecular flexibility index (Phi) is 5.01. The lowest BCUT2D eigenvalue weighted by atomic mass is 9.90. The Hall–Kier alpha value is -3.91. The van der Waals surface area contributed by atoms with Crippen molar-refractivity contribution < 1.29 is 32.5 Å². The first-order chi connectivity index (χ1) is 18.0. The minimum absolute atomic E-state index is 0.00350. The molecule has 1 fully saturated rings. The molecule has 3 aliphatic heterocycles. The maximum Gasteiger partial charge on any atom is 0.586 e. The smallest absolute Gasteiger partial charge is 0.448 e. The summed E-state index contributed by atoms with van der Waals surface area (Å²) < 4.78 is 47.7. The number of fused-ring (bicyclic) bond motifs is 6. The number of carbonyl (C=O) groups is 1. The number of alkyl halides is 2. The summed E-state index contributed by atoms with van der Waals surface area (Å²) in [6, 6.07) is 20.7. The van der Waals surface area contributed by atoms with E-state index in [-0.39, 0.29) is 42.2 Å². The number of ether oxygens (including phenoxy) is 4. The minimum Gasteiger partial charge on any atom is -0.448 e. The first kappa shape index (κ1) is 22.3. The third kappa shape index (κ3) is 3.74. The van der Waals surface area contributed by atoms with Gasteiger partial charge in [0.05, 0.1) is 25.3 Å². The van der Waals surface area contributed by atoms with E-state index in [2.05, 4.69) is 33.7 Å². The van der Waals surface area contributed by atoms with Crippen LogP contribution in [-0.4, -0.2) is 49.2 Å². The maximum atomic E-state index is 13.5. The van der Waals surface area contributed by atoms with Crippen molar-refractivity contribution in [1.82, 2.24) is 4.90 Å². The average Bonchev–Trinajstić information content (AvgIpc) is 3.38. The average molecular weight is 504 g/mol. The van der Waals surface area contributed by atoms with Gasteiger partial charge < -0.3 is 18.9 Å². The Morgan fingerprint density at radius 3 is 2.38 bits per heavy atom. The third-order valence-electron chi connectivity index (χ3n) is 7.52. The zero-order valence-electron chi connectivity index (χ0n) is 19.7. The summed E-state index contributed by atoms with van der Waals surface area (Å²) in [4.78, 5) is 15.1. The summed E-state index contributed by atoms with van der Waals surface area (Å²) in [5, 5.41) is 0. The lowest BCUT2D eigenvalue weighted by Crippen LogP contribution is -2.56. The molecule has 3 aromatic rings. The Balaban J connectivity index is 1.10. The molecule has 3 aromatic carbocycles. The Labute approximate surface area is 212 Å². The minimum atomic E-state index is -3.66. The predicted octanol–water partition coefficient (Wildman–Crippen LogP) is 5.81. The maximum absolute atomic E-state index is 13.5. The van der Waals surface area contributed by atoms with E-state index in [1.807, 2.05) is 30.3 Å². The van der Waals surface area contributed by atoms with E-state index in [1.165, 1.54) is 17.2 Å². The highest BCUT2D eigenvalue weighted by molar-refractivity contribution is 5.79. The van der Waals surface area contributed by atoms with Gasteiger partial charge in [0.15, 0.2) is 11.5 Å². The van der Waals surface area contributed by atoms with Gasteiger partial charge in [0, 0.05) is 5.92 Å². The van der Waals surface area contributed by atoms with Crippen LogP contribution in [0.1, 0.15) is 29.0 Å². The summed E-state index contributed by atoms with van der Waals surface area (Å²) in [5.74, 6) is -0.00665. The number of rotatable bonds is 3. The van der Waals surface area contributed by atoms with Crippen LogP contribution in [0.5, 0.6) is 11.5 Å². The van der Waals surface area contributed by atoms with Crippen LogP contribution >= 0.6 is 0 Å². The van der Waals surface area contributed by atoms with Gasteiger partial charge in [-0.05, 0) is 51.9 Å². The molecule has 2 atom stereocenters. The van der Waals surface area contributed by atoms with E-state index < -0.39 is 6.29 Å². The van der Waals surface area contributed by atoms with Crippen LogP contribution in [0.3, 0.4) is 0 Å². The number of hydrogen-bond acceptors (Lipinski definition) is 5. The van der Waals surface area contributed by atoms with Crippen molar-refractivity contribution in [3.63, 3.8) is 0 Å². The summed E-state index contributed by atoms with van der Waals surface area (Å²) in [6.07, 6.45) is -1.57. The van der Waals surface area contributed by atoms with Crippen LogP contribution in [-0.2, 0) is 9.47 Å². The van der Waals surface area contributed by atoms with Crippen molar-refractivity contribution in [1.29, 1.82) is 0 Å². The van der Waals surface area contributed by atoms with Gasteiger partial charge in [0.2, 0.25) is 0 Å². The normalized spacial score (nSPS) is 22.8. The summed E-state index contributed by atoms with van der Waals surface area (Å²) in [7, 11) is 0. The molecule has 1 amide bonds. The molecule has 0 N–H and O–H groups in total. The second-order valence-corrected chi connectivity index (χ2v) is 9.69. The molecule has 3 heterocycles. The van der Waals surface area contributed by atoms with Crippen molar-refractivity contribution in [2.45, 2.75) is 30.7 Å². The third-order valence-corrected chi connectivity index (χ3v) is 7.52. The highest BCUT2D eigenvalue weighted by atomic mass is 19.3. The fourth-order valence-corrected chi connectivity index (χ4v) is 5.91. The number of halogens is 2. The van der Waals surface area contributed by atoms with Crippen LogP contribution in [0.25, 0.3) is 16.7 Å². The van der Waals surface area contributed by atoms with E-state index in [0.717, 1.165) is 22.3 Å². The molecule has 2 unspecified atom stereocenters. The van der Waals surface area contributed by atoms with Crippen molar-refractivity contribution in [3.05, 3.63) is 89.5 Å². The molecule has 2 bridgehead atoms. The van der Waals surface area contributed by atoms with Gasteiger partial charge >= 0.3 is 12.4 Å². The molecule has 0 spiro atoms. The largest absolute Gasteiger partial charge is 0.586 e. The predicted molar refractivity (Wildman–Crippen MR) is 131 cm³/mol. The molecule has 4 aliphatic rings. The number of morpholine rings is 1. The Bertz CT molecular complexity index is 1390. The van der Waals surface area contributed by atoms with E-state index >= 15 is 0 Å². The Morgan fingerprint density at radius 2 is 1.65 bits per heavy atom. The molecule has 1 saturated heterocycles. The van der Waals surface area contributed by atoms with Crippen LogP contribution in [0.2, 0.25) is 0 Å². The van der Waals surface area contributed by atoms with E-state index in [4.69, 9.17) is 9.47 Å². The fraction of sp³-hybridized carbons (Fsp3) is 0.276. The number of carbonyl (C=O) groups excluding carboxylic acids is 1. The number of amides is 1. The van der Waals surface area contributed by atoms with Gasteiger partial charge in [-0.3, -0.25) is 4.90 Å². The van der Waals surface area contributed by atoms with Crippen LogP contribution in [0.4, 0.5) is 13.6 Å². The van der Waals surface area contributed by atoms with E-state index in [9.17, 15) is 13.6 Å². The summed E-state index contributed by atoms with van der Waals surface area (Å²) in [5.41, 5.74) is 6.38. The van der Waals surface area contributed by atoms with Gasteiger partial charge in [0.25, 0.3) is 0 Å². The summed E-state index contributed by atoms with van der Waals surface area (Å²) >= 11 is 0. The van der Waals surface area contributed by atoms with Crippen molar-refractivity contribution >= 4 is 11.7 Å². The van der Waals surface area contributed by atoms with Crippen molar-refractivity contribution in [2.75, 3.05) is 19.8 Å². The molecular weight excluding hydrogens is 480 g/mol. The molecule has 37 heavy (non-hydrogen) atoms. The second-order valence-electron chi connectivity index (χ2n) is 9.69. The van der Waals surface area contributed by atoms with Crippen molar-refractivity contribution in [3.8, 4) is 22.6 Å². The molecule has 7 rings (SSSR count). The van der Waals surface area contributed by atoms with Crippen LogP contribution in [0.15, 0.2) is 72.8 Å². The molecule has 0 saturated carbocycles. The molecular formula is C29H23F2NO5. The zero-order valence-corrected chi connectivity index (χ0v) is 19.7. The van der Waals surface area contributed by atoms with E-state index in [0.29, 0.717) is 19.6 Å². The van der Waals surface area contributed by atoms with Gasteiger partial charge in [-0.2, -0.15) is 0 Å². The monoisotopic (exact) mass is 503 g/mol. The highest BCUT2D eigenvalue weighted by Gasteiger charge is 2.44. The van der Waals surface area contributed by atoms with Crippen molar-refractivity contribution in [2.24, 2.45) is 0 Å². The molecule has 1 aliphatic carbocycles. The summed E-state index contributed by atoms with van der Waals surface area (Å²) in [6.45, 7) is 0.962. The number of nitrogens with zero attached hydrogens (tertiary/aromatic N) is 1. The van der Waals surface area contributed by atoms with Crippen LogP contribution in [0, 0.1) is 0 Å². The van der Waals surface area contributed by atoms with Crippen LogP contribution < -0.4 is 9.47 Å². The topological polar surface area (TPSA) is 57.2 Å². The molecule has 188 valence electrons. The lowest BCUT2D eigenvalue weighted by molar-refractivity contribution is -0.286. The van der Waals surface area contributed by atoms with Gasteiger partial charge in [-0.25, -0.2) is 4.79 Å². The first-order valence-corrected chi connectivity index (χ1v) is 12.3. The molecule has 0 aromatic heterocycles.